The van der Waals surface area contributed by atoms with E-state index in [1.807, 2.05) is 13.8 Å². The van der Waals surface area contributed by atoms with Gasteiger partial charge in [-0.2, -0.15) is 0 Å². The van der Waals surface area contributed by atoms with Gasteiger partial charge in [-0.05, 0) is 38.1 Å². The Kier molecular flexibility index (Phi) is 4.73. The first kappa shape index (κ1) is 17.0. The fourth-order valence-corrected chi connectivity index (χ4v) is 2.64. The molecule has 1 aromatic carbocycles. The van der Waals surface area contributed by atoms with Gasteiger partial charge >= 0.3 is 0 Å². The average molecular weight is 320 g/mol. The monoisotopic (exact) mass is 320 g/mol. The molecule has 1 aliphatic rings. The van der Waals surface area contributed by atoms with Crippen LogP contribution in [-0.2, 0) is 9.59 Å². The minimum atomic E-state index is -0.481. The number of likely N-dealkylation sites (N-methyl/N-ethyl adjacent to an activating group) is 1. The van der Waals surface area contributed by atoms with Crippen LogP contribution in [-0.4, -0.2) is 35.9 Å². The Morgan fingerprint density at radius 3 is 2.87 bits per heavy atom. The number of ether oxygens (including phenoxy) is 1. The summed E-state index contributed by atoms with van der Waals surface area (Å²) in [6.45, 7) is 7.11. The predicted molar refractivity (Wildman–Crippen MR) is 84.4 cm³/mol. The topological polar surface area (TPSA) is 58.6 Å². The minimum Gasteiger partial charge on any atom is -0.487 e. The van der Waals surface area contributed by atoms with Gasteiger partial charge in [0.05, 0.1) is 12.6 Å². The Hall–Kier alpha value is -2.37. The molecule has 0 saturated carbocycles. The summed E-state index contributed by atoms with van der Waals surface area (Å²) in [7, 11) is 1.52. The number of hydrogen-bond acceptors (Lipinski definition) is 3. The zero-order chi connectivity index (χ0) is 17.2. The lowest BCUT2D eigenvalue weighted by atomic mass is 9.89. The number of hydrogen-bond donors (Lipinski definition) is 1. The Morgan fingerprint density at radius 1 is 1.52 bits per heavy atom. The van der Waals surface area contributed by atoms with Crippen molar-refractivity contribution in [1.29, 1.82) is 0 Å². The molecular weight excluding hydrogens is 299 g/mol. The summed E-state index contributed by atoms with van der Waals surface area (Å²) in [5.41, 5.74) is 0.126. The average Bonchev–Trinajstić information content (AvgIpc) is 2.46. The second-order valence-corrected chi connectivity index (χ2v) is 6.27. The van der Waals surface area contributed by atoms with E-state index in [0.717, 1.165) is 6.08 Å². The molecule has 5 nitrogen and oxygen atoms in total. The fraction of sp³-hybridized carbons (Fsp3) is 0.412. The maximum atomic E-state index is 13.5. The van der Waals surface area contributed by atoms with Crippen LogP contribution in [0.25, 0.3) is 0 Å². The maximum Gasteiger partial charge on any atom is 0.246 e. The molecule has 1 aromatic rings. The summed E-state index contributed by atoms with van der Waals surface area (Å²) in [5, 5.41) is 2.85. The molecule has 2 rings (SSSR count). The Labute approximate surface area is 135 Å². The highest BCUT2D eigenvalue weighted by Crippen LogP contribution is 2.39. The number of halogens is 1. The van der Waals surface area contributed by atoms with Crippen LogP contribution in [0.1, 0.15) is 31.9 Å². The molecule has 0 fully saturated rings. The Bertz CT molecular complexity index is 643. The zero-order valence-electron chi connectivity index (χ0n) is 13.6. The van der Waals surface area contributed by atoms with Crippen LogP contribution in [0.3, 0.4) is 0 Å². The van der Waals surface area contributed by atoms with Crippen molar-refractivity contribution in [3.63, 3.8) is 0 Å². The van der Waals surface area contributed by atoms with Gasteiger partial charge in [0, 0.05) is 19.0 Å². The van der Waals surface area contributed by atoms with Gasteiger partial charge in [-0.25, -0.2) is 4.39 Å². The van der Waals surface area contributed by atoms with E-state index < -0.39 is 5.60 Å². The van der Waals surface area contributed by atoms with Crippen LogP contribution >= 0.6 is 0 Å². The number of amides is 2. The number of rotatable bonds is 4. The summed E-state index contributed by atoms with van der Waals surface area (Å²) in [5.74, 6) is -0.478. The summed E-state index contributed by atoms with van der Waals surface area (Å²) in [4.78, 5) is 24.9. The molecule has 1 atom stereocenters. The molecule has 0 bridgehead atoms. The van der Waals surface area contributed by atoms with Crippen molar-refractivity contribution < 1.29 is 18.7 Å². The number of carbonyl (C=O) groups excluding carboxylic acids is 2. The molecule has 23 heavy (non-hydrogen) atoms. The van der Waals surface area contributed by atoms with Crippen LogP contribution < -0.4 is 10.1 Å². The van der Waals surface area contributed by atoms with E-state index in [-0.39, 0.29) is 30.2 Å². The molecule has 6 heteroatoms. The summed E-state index contributed by atoms with van der Waals surface area (Å²) in [6, 6.07) is 3.89. The molecule has 1 unspecified atom stereocenters. The van der Waals surface area contributed by atoms with Crippen molar-refractivity contribution in [3.05, 3.63) is 42.2 Å². The highest BCUT2D eigenvalue weighted by molar-refractivity contribution is 5.90. The van der Waals surface area contributed by atoms with Crippen LogP contribution in [0, 0.1) is 5.82 Å². The number of benzene rings is 1. The number of carbonyl (C=O) groups is 2. The van der Waals surface area contributed by atoms with Crippen LogP contribution in [0.4, 0.5) is 4.39 Å². The van der Waals surface area contributed by atoms with Gasteiger partial charge in [-0.3, -0.25) is 9.59 Å². The molecule has 1 aliphatic heterocycles. The molecule has 0 aromatic heterocycles. The quantitative estimate of drug-likeness (QED) is 0.865. The standard InChI is InChI=1S/C17H21FN2O3/c1-5-16(22)20(4)10-15(21)19-13-9-17(2,3)23-14-7-6-11(18)8-12(13)14/h5-8,13H,1,9-10H2,2-4H3,(H,19,21). The van der Waals surface area contributed by atoms with Gasteiger partial charge in [0.15, 0.2) is 0 Å². The summed E-state index contributed by atoms with van der Waals surface area (Å²) >= 11 is 0. The first-order valence-electron chi connectivity index (χ1n) is 7.37. The molecule has 2 amide bonds. The van der Waals surface area contributed by atoms with E-state index >= 15 is 0 Å². The third-order valence-corrected chi connectivity index (χ3v) is 3.70. The number of nitrogens with zero attached hydrogens (tertiary/aromatic N) is 1. The smallest absolute Gasteiger partial charge is 0.246 e. The van der Waals surface area contributed by atoms with E-state index in [0.29, 0.717) is 17.7 Å². The van der Waals surface area contributed by atoms with Crippen molar-refractivity contribution in [1.82, 2.24) is 10.2 Å². The van der Waals surface area contributed by atoms with E-state index in [4.69, 9.17) is 4.74 Å². The molecular formula is C17H21FN2O3. The van der Waals surface area contributed by atoms with Crippen LogP contribution in [0.2, 0.25) is 0 Å². The highest BCUT2D eigenvalue weighted by atomic mass is 19.1. The molecule has 124 valence electrons. The van der Waals surface area contributed by atoms with Crippen molar-refractivity contribution in [2.75, 3.05) is 13.6 Å². The van der Waals surface area contributed by atoms with E-state index in [1.54, 1.807) is 6.07 Å². The minimum absolute atomic E-state index is 0.0900. The third kappa shape index (κ3) is 4.09. The van der Waals surface area contributed by atoms with E-state index in [1.165, 1.54) is 24.1 Å². The highest BCUT2D eigenvalue weighted by Gasteiger charge is 2.34. The van der Waals surface area contributed by atoms with E-state index in [2.05, 4.69) is 11.9 Å². The van der Waals surface area contributed by atoms with Gasteiger partial charge in [0.2, 0.25) is 11.8 Å². The lowest BCUT2D eigenvalue weighted by Gasteiger charge is -2.38. The molecule has 1 heterocycles. The van der Waals surface area contributed by atoms with Gasteiger partial charge in [-0.15, -0.1) is 0 Å². The first-order chi connectivity index (χ1) is 10.7. The van der Waals surface area contributed by atoms with Crippen molar-refractivity contribution in [2.45, 2.75) is 31.9 Å². The van der Waals surface area contributed by atoms with Crippen molar-refractivity contribution in [2.24, 2.45) is 0 Å². The third-order valence-electron chi connectivity index (χ3n) is 3.70. The lowest BCUT2D eigenvalue weighted by Crippen LogP contribution is -2.44. The fourth-order valence-electron chi connectivity index (χ4n) is 2.64. The van der Waals surface area contributed by atoms with E-state index in [9.17, 15) is 14.0 Å². The lowest BCUT2D eigenvalue weighted by molar-refractivity contribution is -0.131. The van der Waals surface area contributed by atoms with Gasteiger partial charge < -0.3 is 15.0 Å². The molecule has 0 spiro atoms. The van der Waals surface area contributed by atoms with Crippen molar-refractivity contribution in [3.8, 4) is 5.75 Å². The Morgan fingerprint density at radius 2 is 2.22 bits per heavy atom. The maximum absolute atomic E-state index is 13.5. The molecule has 1 N–H and O–H groups in total. The van der Waals surface area contributed by atoms with Gasteiger partial charge in [-0.1, -0.05) is 6.58 Å². The SMILES string of the molecule is C=CC(=O)N(C)CC(=O)NC1CC(C)(C)Oc2ccc(F)cc21. The molecule has 0 saturated heterocycles. The second kappa shape index (κ2) is 6.40. The normalized spacial score (nSPS) is 18.3. The van der Waals surface area contributed by atoms with Crippen molar-refractivity contribution >= 4 is 11.8 Å². The zero-order valence-corrected chi connectivity index (χ0v) is 13.6. The van der Waals surface area contributed by atoms with Crippen LogP contribution in [0.15, 0.2) is 30.9 Å². The molecule has 0 radical (unpaired) electrons. The van der Waals surface area contributed by atoms with Crippen LogP contribution in [0.5, 0.6) is 5.75 Å². The van der Waals surface area contributed by atoms with Gasteiger partial charge in [0.1, 0.15) is 17.2 Å². The first-order valence-corrected chi connectivity index (χ1v) is 7.37. The number of fused-ring (bicyclic) bond motifs is 1. The summed E-state index contributed by atoms with van der Waals surface area (Å²) in [6.07, 6.45) is 1.66. The van der Waals surface area contributed by atoms with Gasteiger partial charge in [0.25, 0.3) is 0 Å². The second-order valence-electron chi connectivity index (χ2n) is 6.27. The summed E-state index contributed by atoms with van der Waals surface area (Å²) < 4.78 is 19.4. The predicted octanol–water partition coefficient (Wildman–Crippen LogP) is 2.19. The molecule has 0 aliphatic carbocycles. The largest absolute Gasteiger partial charge is 0.487 e. The Balaban J connectivity index is 2.16. The number of nitrogens with one attached hydrogen (secondary N) is 1.